The van der Waals surface area contributed by atoms with E-state index in [9.17, 15) is 4.79 Å². The average Bonchev–Trinajstić information content (AvgIpc) is 2.84. The van der Waals surface area contributed by atoms with Gasteiger partial charge < -0.3 is 15.0 Å². The van der Waals surface area contributed by atoms with E-state index in [-0.39, 0.29) is 12.5 Å². The summed E-state index contributed by atoms with van der Waals surface area (Å²) in [6, 6.07) is 25.9. The fourth-order valence-corrected chi connectivity index (χ4v) is 3.98. The Bertz CT molecular complexity index is 1000. The minimum absolute atomic E-state index is 0.0226. The van der Waals surface area contributed by atoms with E-state index in [4.69, 9.17) is 16.3 Å². The van der Waals surface area contributed by atoms with E-state index in [2.05, 4.69) is 63.6 Å². The van der Waals surface area contributed by atoms with Gasteiger partial charge in [0, 0.05) is 50.0 Å². The maximum absolute atomic E-state index is 12.3. The summed E-state index contributed by atoms with van der Waals surface area (Å²) in [6.45, 7) is 5.43. The number of rotatable bonds is 8. The van der Waals surface area contributed by atoms with Crippen molar-refractivity contribution in [3.05, 3.63) is 95.0 Å². The quantitative estimate of drug-likeness (QED) is 0.555. The van der Waals surface area contributed by atoms with Gasteiger partial charge in [0.1, 0.15) is 5.75 Å². The first-order chi connectivity index (χ1) is 15.7. The third-order valence-electron chi connectivity index (χ3n) is 5.67. The number of ether oxygens (including phenoxy) is 1. The molecule has 32 heavy (non-hydrogen) atoms. The summed E-state index contributed by atoms with van der Waals surface area (Å²) in [7, 11) is 0. The van der Waals surface area contributed by atoms with Gasteiger partial charge in [-0.25, -0.2) is 0 Å². The Morgan fingerprint density at radius 2 is 1.50 bits per heavy atom. The molecule has 1 fully saturated rings. The van der Waals surface area contributed by atoms with E-state index >= 15 is 0 Å². The topological polar surface area (TPSA) is 44.8 Å². The number of hydrogen-bond acceptors (Lipinski definition) is 4. The SMILES string of the molecule is O=C(COc1ccc(Cl)cc1)NCc1ccccc1CN1CCN(c2ccccc2)CC1. The standard InChI is InChI=1S/C26H28ClN3O2/c27-23-10-12-25(13-11-23)32-20-26(31)28-18-21-6-4-5-7-22(21)19-29-14-16-30(17-15-29)24-8-2-1-3-9-24/h1-13H,14-20H2,(H,28,31). The van der Waals surface area contributed by atoms with Crippen LogP contribution in [0.2, 0.25) is 5.02 Å². The van der Waals surface area contributed by atoms with Gasteiger partial charge in [-0.2, -0.15) is 0 Å². The molecule has 1 aliphatic heterocycles. The van der Waals surface area contributed by atoms with Crippen LogP contribution >= 0.6 is 11.6 Å². The number of anilines is 1. The number of para-hydroxylation sites is 1. The fraction of sp³-hybridized carbons (Fsp3) is 0.269. The summed E-state index contributed by atoms with van der Waals surface area (Å²) in [6.07, 6.45) is 0. The summed E-state index contributed by atoms with van der Waals surface area (Å²) in [4.78, 5) is 17.2. The Kier molecular flexibility index (Phi) is 7.64. The number of carbonyl (C=O) groups excluding carboxylic acids is 1. The van der Waals surface area contributed by atoms with Gasteiger partial charge in [0.05, 0.1) is 0 Å². The Morgan fingerprint density at radius 3 is 2.22 bits per heavy atom. The predicted molar refractivity (Wildman–Crippen MR) is 129 cm³/mol. The van der Waals surface area contributed by atoms with E-state index in [1.165, 1.54) is 11.3 Å². The molecule has 0 unspecified atom stereocenters. The molecule has 4 rings (SSSR count). The number of nitrogens with zero attached hydrogens (tertiary/aromatic N) is 2. The van der Waals surface area contributed by atoms with E-state index in [0.717, 1.165) is 38.3 Å². The summed E-state index contributed by atoms with van der Waals surface area (Å²) in [5.41, 5.74) is 3.67. The molecule has 1 heterocycles. The van der Waals surface area contributed by atoms with Gasteiger partial charge in [-0.15, -0.1) is 0 Å². The molecular weight excluding hydrogens is 422 g/mol. The van der Waals surface area contributed by atoms with E-state index in [1.807, 2.05) is 6.07 Å². The first-order valence-electron chi connectivity index (χ1n) is 10.9. The average molecular weight is 450 g/mol. The molecule has 0 atom stereocenters. The molecule has 166 valence electrons. The normalized spacial score (nSPS) is 14.2. The van der Waals surface area contributed by atoms with Crippen LogP contribution < -0.4 is 15.0 Å². The molecule has 0 bridgehead atoms. The molecular formula is C26H28ClN3O2. The monoisotopic (exact) mass is 449 g/mol. The van der Waals surface area contributed by atoms with Gasteiger partial charge in [-0.05, 0) is 47.5 Å². The minimum atomic E-state index is -0.147. The van der Waals surface area contributed by atoms with Gasteiger partial charge in [0.25, 0.3) is 5.91 Å². The molecule has 0 saturated carbocycles. The number of piperazine rings is 1. The van der Waals surface area contributed by atoms with Gasteiger partial charge in [0.15, 0.2) is 6.61 Å². The molecule has 0 aliphatic carbocycles. The second kappa shape index (κ2) is 11.0. The first kappa shape index (κ1) is 22.2. The van der Waals surface area contributed by atoms with Gasteiger partial charge in [-0.3, -0.25) is 9.69 Å². The highest BCUT2D eigenvalue weighted by atomic mass is 35.5. The zero-order valence-corrected chi connectivity index (χ0v) is 18.8. The molecule has 3 aromatic carbocycles. The minimum Gasteiger partial charge on any atom is -0.484 e. The van der Waals surface area contributed by atoms with Crippen LogP contribution in [0.4, 0.5) is 5.69 Å². The smallest absolute Gasteiger partial charge is 0.258 e. The van der Waals surface area contributed by atoms with Crippen LogP contribution in [0, 0.1) is 0 Å². The van der Waals surface area contributed by atoms with E-state index in [1.54, 1.807) is 24.3 Å². The van der Waals surface area contributed by atoms with Crippen LogP contribution in [0.5, 0.6) is 5.75 Å². The molecule has 1 aliphatic rings. The van der Waals surface area contributed by atoms with Crippen molar-refractivity contribution >= 4 is 23.2 Å². The highest BCUT2D eigenvalue weighted by Crippen LogP contribution is 2.18. The van der Waals surface area contributed by atoms with Crippen LogP contribution in [0.3, 0.4) is 0 Å². The Balaban J connectivity index is 1.25. The van der Waals surface area contributed by atoms with Crippen molar-refractivity contribution in [3.63, 3.8) is 0 Å². The summed E-state index contributed by atoms with van der Waals surface area (Å²) < 4.78 is 5.53. The number of nitrogens with one attached hydrogen (secondary N) is 1. The molecule has 0 radical (unpaired) electrons. The number of halogens is 1. The van der Waals surface area contributed by atoms with Crippen molar-refractivity contribution in [2.75, 3.05) is 37.7 Å². The zero-order chi connectivity index (χ0) is 22.2. The van der Waals surface area contributed by atoms with Crippen molar-refractivity contribution in [1.29, 1.82) is 0 Å². The zero-order valence-electron chi connectivity index (χ0n) is 18.0. The van der Waals surface area contributed by atoms with Crippen molar-refractivity contribution in [1.82, 2.24) is 10.2 Å². The van der Waals surface area contributed by atoms with E-state index < -0.39 is 0 Å². The summed E-state index contributed by atoms with van der Waals surface area (Å²) in [5.74, 6) is 0.478. The fourth-order valence-electron chi connectivity index (χ4n) is 3.85. The van der Waals surface area contributed by atoms with Gasteiger partial charge >= 0.3 is 0 Å². The number of hydrogen-bond donors (Lipinski definition) is 1. The van der Waals surface area contributed by atoms with Gasteiger partial charge in [-0.1, -0.05) is 54.1 Å². The summed E-state index contributed by atoms with van der Waals surface area (Å²) in [5, 5.41) is 3.61. The number of amides is 1. The molecule has 1 N–H and O–H groups in total. The Morgan fingerprint density at radius 1 is 0.844 bits per heavy atom. The van der Waals surface area contributed by atoms with Crippen LogP contribution in [-0.4, -0.2) is 43.6 Å². The lowest BCUT2D eigenvalue weighted by atomic mass is 10.1. The molecule has 0 spiro atoms. The van der Waals surface area contributed by atoms with Crippen molar-refractivity contribution in [3.8, 4) is 5.75 Å². The maximum Gasteiger partial charge on any atom is 0.258 e. The van der Waals surface area contributed by atoms with Crippen LogP contribution in [0.25, 0.3) is 0 Å². The molecule has 3 aromatic rings. The lowest BCUT2D eigenvalue weighted by Gasteiger charge is -2.36. The lowest BCUT2D eigenvalue weighted by Crippen LogP contribution is -2.46. The molecule has 1 amide bonds. The molecule has 6 heteroatoms. The van der Waals surface area contributed by atoms with Crippen molar-refractivity contribution in [2.24, 2.45) is 0 Å². The second-order valence-electron chi connectivity index (χ2n) is 7.89. The molecule has 5 nitrogen and oxygen atoms in total. The van der Waals surface area contributed by atoms with Crippen LogP contribution in [0.1, 0.15) is 11.1 Å². The molecule has 0 aromatic heterocycles. The third kappa shape index (κ3) is 6.25. The van der Waals surface area contributed by atoms with E-state index in [0.29, 0.717) is 17.3 Å². The Hall–Kier alpha value is -3.02. The number of carbonyl (C=O) groups is 1. The van der Waals surface area contributed by atoms with Gasteiger partial charge in [0.2, 0.25) is 0 Å². The highest BCUT2D eigenvalue weighted by molar-refractivity contribution is 6.30. The van der Waals surface area contributed by atoms with Crippen LogP contribution in [-0.2, 0) is 17.9 Å². The number of benzene rings is 3. The highest BCUT2D eigenvalue weighted by Gasteiger charge is 2.18. The van der Waals surface area contributed by atoms with Crippen molar-refractivity contribution < 1.29 is 9.53 Å². The largest absolute Gasteiger partial charge is 0.484 e. The second-order valence-corrected chi connectivity index (χ2v) is 8.32. The third-order valence-corrected chi connectivity index (χ3v) is 5.92. The van der Waals surface area contributed by atoms with Crippen LogP contribution in [0.15, 0.2) is 78.9 Å². The Labute approximate surface area is 194 Å². The lowest BCUT2D eigenvalue weighted by molar-refractivity contribution is -0.123. The summed E-state index contributed by atoms with van der Waals surface area (Å²) >= 11 is 5.87. The van der Waals surface area contributed by atoms with Crippen molar-refractivity contribution in [2.45, 2.75) is 13.1 Å². The molecule has 1 saturated heterocycles. The first-order valence-corrected chi connectivity index (χ1v) is 11.3. The predicted octanol–water partition coefficient (Wildman–Crippen LogP) is 4.36. The maximum atomic E-state index is 12.3.